The summed E-state index contributed by atoms with van der Waals surface area (Å²) in [5.74, 6) is 5.16. The first-order chi connectivity index (χ1) is 31.4. The average molecular weight is 984 g/mol. The number of nitrogens with two attached hydrogens (primary N) is 1. The van der Waals surface area contributed by atoms with Gasteiger partial charge in [0.25, 0.3) is 0 Å². The van der Waals surface area contributed by atoms with Gasteiger partial charge >= 0.3 is 0 Å². The Morgan fingerprint density at radius 3 is 1.33 bits per heavy atom. The number of hydrogen-bond donors (Lipinski definition) is 2. The van der Waals surface area contributed by atoms with Crippen molar-refractivity contribution >= 4 is 66.2 Å². The highest BCUT2D eigenvalue weighted by molar-refractivity contribution is 7.91. The standard InChI is InChI=1S/C24H20ClN3O3S.C24H19ClN2O3S.ClH2NO/c1-16(27-29)23-15-28(24(26-23)21-8-3-4-9-22(21)25)19-12-10-17(11-13-19)18-6-5-7-20(14-18)32(2,30)31;1-16(28)23-15-27(24(26-23)21-8-3-4-9-22(21)25)19-12-10-17(11-13-19)18-6-5-7-20(14-18)31(2,29)30;1-3-2/h3-15,29H,1-2H3;3-15H,1-2H3;2H2/b27-16+;;. The minimum Gasteiger partial charge on any atom is -0.411 e. The molecule has 3 N–H and O–H groups in total. The lowest BCUT2D eigenvalue weighted by molar-refractivity contribution is 0.101. The van der Waals surface area contributed by atoms with Gasteiger partial charge in [0.2, 0.25) is 0 Å². The van der Waals surface area contributed by atoms with E-state index in [1.807, 2.05) is 106 Å². The molecular formula is C48H41Cl3N6O7S2. The lowest BCUT2D eigenvalue weighted by Gasteiger charge is -2.10. The van der Waals surface area contributed by atoms with E-state index in [4.69, 9.17) is 23.2 Å². The number of rotatable bonds is 10. The summed E-state index contributed by atoms with van der Waals surface area (Å²) in [5, 5.41) is 13.6. The first-order valence-electron chi connectivity index (χ1n) is 19.6. The van der Waals surface area contributed by atoms with Gasteiger partial charge in [-0.25, -0.2) is 26.8 Å². The molecule has 0 aliphatic heterocycles. The second kappa shape index (κ2) is 21.3. The fraction of sp³-hybridized carbons (Fsp3) is 0.0833. The zero-order valence-corrected chi connectivity index (χ0v) is 39.6. The van der Waals surface area contributed by atoms with Gasteiger partial charge in [0.1, 0.15) is 28.7 Å². The second-order valence-corrected chi connectivity index (χ2v) is 19.6. The Bertz CT molecular complexity index is 3280. The molecule has 0 amide bonds. The van der Waals surface area contributed by atoms with Crippen molar-refractivity contribution in [1.29, 1.82) is 0 Å². The SMILES string of the molecule is C/C(=N\O)c1cn(-c2ccc(-c3cccc(S(C)(=O)=O)c3)cc2)c(-c2ccccc2Cl)n1.CC(=O)c1cn(-c2ccc(-c3cccc(S(C)(=O)=O)c3)cc2)c(-c2ccccc2Cl)n1.NOCl. The summed E-state index contributed by atoms with van der Waals surface area (Å²) in [6.07, 6.45) is 5.87. The van der Waals surface area contributed by atoms with Gasteiger partial charge in [-0.05, 0) is 102 Å². The van der Waals surface area contributed by atoms with E-state index in [1.165, 1.54) is 19.4 Å². The summed E-state index contributed by atoms with van der Waals surface area (Å²) in [6, 6.07) is 43.7. The maximum absolute atomic E-state index is 12.0. The molecule has 0 bridgehead atoms. The summed E-state index contributed by atoms with van der Waals surface area (Å²) in [5.41, 5.74) is 7.71. The van der Waals surface area contributed by atoms with E-state index in [1.54, 1.807) is 67.8 Å². The van der Waals surface area contributed by atoms with Crippen LogP contribution in [0.2, 0.25) is 10.0 Å². The normalized spacial score (nSPS) is 11.5. The average Bonchev–Trinajstić information content (AvgIpc) is 3.96. The number of carbonyl (C=O) groups is 1. The van der Waals surface area contributed by atoms with E-state index in [9.17, 15) is 26.8 Å². The van der Waals surface area contributed by atoms with Crippen molar-refractivity contribution in [2.75, 3.05) is 12.5 Å². The molecule has 0 unspecified atom stereocenters. The number of imidazole rings is 2. The molecule has 0 aliphatic carbocycles. The smallest absolute Gasteiger partial charge is 0.179 e. The first-order valence-corrected chi connectivity index (χ1v) is 24.5. The quantitative estimate of drug-likeness (QED) is 0.0577. The number of halogens is 3. The molecular weight excluding hydrogens is 943 g/mol. The number of carbonyl (C=O) groups excluding carboxylic acids is 1. The summed E-state index contributed by atoms with van der Waals surface area (Å²) in [4.78, 5) is 21.6. The first kappa shape index (κ1) is 49.0. The van der Waals surface area contributed by atoms with E-state index in [0.29, 0.717) is 38.8 Å². The van der Waals surface area contributed by atoms with E-state index in [0.717, 1.165) is 44.8 Å². The fourth-order valence-electron chi connectivity index (χ4n) is 6.66. The van der Waals surface area contributed by atoms with Gasteiger partial charge in [-0.2, -0.15) is 10.3 Å². The molecule has 6 aromatic carbocycles. The van der Waals surface area contributed by atoms with Gasteiger partial charge in [-0.1, -0.05) is 101 Å². The van der Waals surface area contributed by atoms with Crippen LogP contribution in [0.1, 0.15) is 30.0 Å². The third-order valence-electron chi connectivity index (χ3n) is 10.0. The molecule has 0 spiro atoms. The van der Waals surface area contributed by atoms with Gasteiger partial charge in [0.15, 0.2) is 25.5 Å². The van der Waals surface area contributed by atoms with Gasteiger partial charge in [0.05, 0.1) is 31.7 Å². The van der Waals surface area contributed by atoms with Crippen molar-refractivity contribution in [2.24, 2.45) is 11.1 Å². The van der Waals surface area contributed by atoms with Crippen LogP contribution in [0.3, 0.4) is 0 Å². The number of Topliss-reactive ketones (excluding diaryl/α,β-unsaturated/α-hetero) is 1. The number of benzene rings is 6. The van der Waals surface area contributed by atoms with Crippen molar-refractivity contribution in [2.45, 2.75) is 23.6 Å². The van der Waals surface area contributed by atoms with Gasteiger partial charge in [0, 0.05) is 54.3 Å². The minimum atomic E-state index is -3.29. The van der Waals surface area contributed by atoms with E-state index >= 15 is 0 Å². The molecule has 0 saturated heterocycles. The molecule has 0 radical (unpaired) electrons. The van der Waals surface area contributed by atoms with Gasteiger partial charge in [-0.3, -0.25) is 13.9 Å². The Hall–Kier alpha value is -6.43. The van der Waals surface area contributed by atoms with Gasteiger partial charge in [-0.15, -0.1) is 0 Å². The second-order valence-electron chi connectivity index (χ2n) is 14.6. The molecule has 0 fully saturated rings. The largest absolute Gasteiger partial charge is 0.411 e. The van der Waals surface area contributed by atoms with Crippen molar-refractivity contribution in [3.05, 3.63) is 179 Å². The Balaban J connectivity index is 0.000000206. The minimum absolute atomic E-state index is 0.138. The number of hydrogen-bond acceptors (Lipinski definition) is 11. The molecule has 18 heteroatoms. The molecule has 8 aromatic rings. The summed E-state index contributed by atoms with van der Waals surface area (Å²) >= 11 is 17.1. The molecule has 0 aliphatic rings. The van der Waals surface area contributed by atoms with E-state index in [2.05, 4.69) is 37.3 Å². The Labute approximate surface area is 397 Å². The highest BCUT2D eigenvalue weighted by Crippen LogP contribution is 2.33. The highest BCUT2D eigenvalue weighted by Gasteiger charge is 2.19. The third-order valence-corrected chi connectivity index (χ3v) is 12.9. The molecule has 8 rings (SSSR count). The van der Waals surface area contributed by atoms with Crippen molar-refractivity contribution in [3.8, 4) is 56.4 Å². The van der Waals surface area contributed by atoms with Crippen LogP contribution in [0, 0.1) is 0 Å². The number of ketones is 1. The van der Waals surface area contributed by atoms with Crippen LogP contribution in [0.15, 0.2) is 173 Å². The number of aromatic nitrogens is 4. The molecule has 0 saturated carbocycles. The maximum Gasteiger partial charge on any atom is 0.179 e. The predicted octanol–water partition coefficient (Wildman–Crippen LogP) is 11.0. The van der Waals surface area contributed by atoms with E-state index in [-0.39, 0.29) is 15.6 Å². The number of nitrogens with zero attached hydrogens (tertiary/aromatic N) is 5. The molecule has 338 valence electrons. The fourth-order valence-corrected chi connectivity index (χ4v) is 8.43. The van der Waals surface area contributed by atoms with Crippen LogP contribution in [-0.2, 0) is 24.1 Å². The predicted molar refractivity (Wildman–Crippen MR) is 260 cm³/mol. The summed E-state index contributed by atoms with van der Waals surface area (Å²) in [7, 11) is -6.58. The zero-order chi connectivity index (χ0) is 47.8. The highest BCUT2D eigenvalue weighted by atomic mass is 35.5. The van der Waals surface area contributed by atoms with Crippen LogP contribution in [0.25, 0.3) is 56.4 Å². The summed E-state index contributed by atoms with van der Waals surface area (Å²) in [6.45, 7) is 3.14. The van der Waals surface area contributed by atoms with Crippen molar-refractivity contribution in [3.63, 3.8) is 0 Å². The van der Waals surface area contributed by atoms with Crippen LogP contribution in [0.5, 0.6) is 0 Å². The Kier molecular flexibility index (Phi) is 15.8. The lowest BCUT2D eigenvalue weighted by atomic mass is 10.1. The van der Waals surface area contributed by atoms with Crippen LogP contribution in [-0.4, -0.2) is 65.2 Å². The molecule has 13 nitrogen and oxygen atoms in total. The topological polar surface area (TPSA) is 189 Å². The molecule has 66 heavy (non-hydrogen) atoms. The monoisotopic (exact) mass is 982 g/mol. The maximum atomic E-state index is 12.0. The molecule has 2 heterocycles. The Morgan fingerprint density at radius 2 is 0.970 bits per heavy atom. The lowest BCUT2D eigenvalue weighted by Crippen LogP contribution is -1.98. The van der Waals surface area contributed by atoms with E-state index < -0.39 is 19.7 Å². The van der Waals surface area contributed by atoms with Crippen molar-refractivity contribution < 1.29 is 31.2 Å². The number of oxime groups is 1. The molecule has 0 atom stereocenters. The van der Waals surface area contributed by atoms with Crippen LogP contribution >= 0.6 is 35.1 Å². The zero-order valence-electron chi connectivity index (χ0n) is 35.7. The van der Waals surface area contributed by atoms with Crippen LogP contribution in [0.4, 0.5) is 0 Å². The van der Waals surface area contributed by atoms with Crippen LogP contribution < -0.4 is 5.90 Å². The third kappa shape index (κ3) is 11.7. The number of sulfone groups is 2. The van der Waals surface area contributed by atoms with Crippen molar-refractivity contribution in [1.82, 2.24) is 19.1 Å². The van der Waals surface area contributed by atoms with Gasteiger partial charge < -0.3 is 5.21 Å². The molecule has 2 aromatic heterocycles. The Morgan fingerprint density at radius 1 is 0.591 bits per heavy atom. The summed E-state index contributed by atoms with van der Waals surface area (Å²) < 4.78 is 54.4.